The zero-order chi connectivity index (χ0) is 26.4. The molecule has 0 aromatic carbocycles. The highest BCUT2D eigenvalue weighted by Crippen LogP contribution is 2.05. The molecule has 0 fully saturated rings. The van der Waals surface area contributed by atoms with E-state index in [-0.39, 0.29) is 12.8 Å². The third kappa shape index (κ3) is 12.1. The number of carbonyl (C=O) groups is 6. The quantitative estimate of drug-likeness (QED) is 0.0905. The van der Waals surface area contributed by atoms with Gasteiger partial charge in [0, 0.05) is 6.42 Å². The maximum Gasteiger partial charge on any atom is 0.326 e. The van der Waals surface area contributed by atoms with Crippen molar-refractivity contribution in [3.8, 4) is 0 Å². The third-order valence-electron chi connectivity index (χ3n) is 4.64. The van der Waals surface area contributed by atoms with Gasteiger partial charge in [-0.1, -0.05) is 0 Å². The second-order valence-corrected chi connectivity index (χ2v) is 7.61. The first kappa shape index (κ1) is 30.7. The van der Waals surface area contributed by atoms with E-state index in [1.54, 1.807) is 0 Å². The number of nitrogens with one attached hydrogen (secondary N) is 3. The van der Waals surface area contributed by atoms with E-state index in [9.17, 15) is 39.0 Å². The first-order chi connectivity index (χ1) is 15.8. The average molecular weight is 491 g/mol. The molecule has 0 aromatic heterocycles. The van der Waals surface area contributed by atoms with E-state index in [2.05, 4.69) is 16.0 Å². The van der Waals surface area contributed by atoms with Crippen LogP contribution in [0.25, 0.3) is 0 Å². The molecule has 15 nitrogen and oxygen atoms in total. The normalized spacial score (nSPS) is 15.2. The number of rotatable bonds is 17. The van der Waals surface area contributed by atoms with E-state index in [0.29, 0.717) is 19.4 Å². The highest BCUT2D eigenvalue weighted by atomic mass is 16.4. The van der Waals surface area contributed by atoms with Gasteiger partial charge in [0.05, 0.1) is 18.6 Å². The number of nitrogens with two attached hydrogens (primary N) is 2. The molecule has 5 unspecified atom stereocenters. The van der Waals surface area contributed by atoms with Crippen molar-refractivity contribution in [1.82, 2.24) is 16.0 Å². The minimum atomic E-state index is -1.72. The fourth-order valence-electron chi connectivity index (χ4n) is 2.74. The first-order valence-corrected chi connectivity index (χ1v) is 10.5. The molecule has 0 spiro atoms. The summed E-state index contributed by atoms with van der Waals surface area (Å²) in [5.41, 5.74) is 10.9. The number of aliphatic carboxylic acids is 3. The topological polar surface area (TPSA) is 271 Å². The van der Waals surface area contributed by atoms with Gasteiger partial charge in [0.1, 0.15) is 18.1 Å². The van der Waals surface area contributed by atoms with Crippen LogP contribution < -0.4 is 27.4 Å². The Balaban J connectivity index is 5.37. The van der Waals surface area contributed by atoms with E-state index in [1.807, 2.05) is 0 Å². The molecule has 11 N–H and O–H groups in total. The van der Waals surface area contributed by atoms with E-state index < -0.39 is 78.7 Å². The van der Waals surface area contributed by atoms with Crippen molar-refractivity contribution in [3.63, 3.8) is 0 Å². The molecule has 5 atom stereocenters. The molecule has 0 aliphatic carbocycles. The smallest absolute Gasteiger partial charge is 0.326 e. The molecule has 34 heavy (non-hydrogen) atoms. The second-order valence-electron chi connectivity index (χ2n) is 7.61. The van der Waals surface area contributed by atoms with E-state index >= 15 is 0 Å². The second kappa shape index (κ2) is 15.5. The molecule has 0 aliphatic heterocycles. The summed E-state index contributed by atoms with van der Waals surface area (Å²) in [7, 11) is 0. The number of aliphatic hydroxyl groups excluding tert-OH is 1. The lowest BCUT2D eigenvalue weighted by Crippen LogP contribution is -2.60. The van der Waals surface area contributed by atoms with Gasteiger partial charge in [0.25, 0.3) is 0 Å². The summed E-state index contributed by atoms with van der Waals surface area (Å²) in [6.07, 6.45) is -2.19. The van der Waals surface area contributed by atoms with E-state index in [0.717, 1.165) is 6.92 Å². The summed E-state index contributed by atoms with van der Waals surface area (Å²) < 4.78 is 0. The monoisotopic (exact) mass is 491 g/mol. The number of hydrogen-bond acceptors (Lipinski definition) is 9. The highest BCUT2D eigenvalue weighted by Gasteiger charge is 2.33. The van der Waals surface area contributed by atoms with Crippen LogP contribution in [0.4, 0.5) is 0 Å². The number of hydrogen-bond donors (Lipinski definition) is 9. The summed E-state index contributed by atoms with van der Waals surface area (Å²) in [5, 5.41) is 43.3. The Morgan fingerprint density at radius 2 is 1.38 bits per heavy atom. The molecule has 15 heteroatoms. The van der Waals surface area contributed by atoms with Crippen LogP contribution in [0.2, 0.25) is 0 Å². The Bertz CT molecular complexity index is 745. The standard InChI is InChI=1S/C19H33N5O10/c1-9(25)15(24-16(30)10(21)5-6-13(26)27)18(32)23-12(8-14(28)29)17(31)22-11(19(33)34)4-2-3-7-20/h9-12,15,25H,2-8,20-21H2,1H3,(H,22,31)(H,23,32)(H,24,30)(H,26,27)(H,28,29)(H,33,34). The maximum atomic E-state index is 12.6. The Morgan fingerprint density at radius 1 is 0.794 bits per heavy atom. The minimum absolute atomic E-state index is 0.0204. The maximum absolute atomic E-state index is 12.6. The van der Waals surface area contributed by atoms with Crippen molar-refractivity contribution < 1.29 is 49.2 Å². The van der Waals surface area contributed by atoms with Crippen LogP contribution >= 0.6 is 0 Å². The van der Waals surface area contributed by atoms with Gasteiger partial charge in [-0.3, -0.25) is 24.0 Å². The first-order valence-electron chi connectivity index (χ1n) is 10.5. The van der Waals surface area contributed by atoms with Gasteiger partial charge in [-0.05, 0) is 39.2 Å². The molecule has 0 aromatic rings. The minimum Gasteiger partial charge on any atom is -0.481 e. The van der Waals surface area contributed by atoms with Crippen molar-refractivity contribution in [2.75, 3.05) is 6.54 Å². The predicted molar refractivity (Wildman–Crippen MR) is 115 cm³/mol. The zero-order valence-electron chi connectivity index (χ0n) is 18.7. The molecule has 0 heterocycles. The predicted octanol–water partition coefficient (Wildman–Crippen LogP) is -3.30. The Labute approximate surface area is 195 Å². The fraction of sp³-hybridized carbons (Fsp3) is 0.684. The lowest BCUT2D eigenvalue weighted by molar-refractivity contribution is -0.144. The molecular weight excluding hydrogens is 458 g/mol. The summed E-state index contributed by atoms with van der Waals surface area (Å²) in [6.45, 7) is 1.45. The highest BCUT2D eigenvalue weighted by molar-refractivity contribution is 5.95. The van der Waals surface area contributed by atoms with Crippen molar-refractivity contribution in [3.05, 3.63) is 0 Å². The zero-order valence-corrected chi connectivity index (χ0v) is 18.7. The van der Waals surface area contributed by atoms with Gasteiger partial charge >= 0.3 is 17.9 Å². The van der Waals surface area contributed by atoms with E-state index in [1.165, 1.54) is 0 Å². The van der Waals surface area contributed by atoms with Crippen LogP contribution in [-0.4, -0.2) is 92.9 Å². The van der Waals surface area contributed by atoms with Gasteiger partial charge in [0.2, 0.25) is 17.7 Å². The van der Waals surface area contributed by atoms with Crippen molar-refractivity contribution in [1.29, 1.82) is 0 Å². The number of carbonyl (C=O) groups excluding carboxylic acids is 3. The van der Waals surface area contributed by atoms with Crippen LogP contribution in [0.1, 0.15) is 45.4 Å². The van der Waals surface area contributed by atoms with Crippen LogP contribution in [0.15, 0.2) is 0 Å². The van der Waals surface area contributed by atoms with Crippen LogP contribution in [-0.2, 0) is 28.8 Å². The average Bonchev–Trinajstić information content (AvgIpc) is 2.73. The number of aliphatic hydroxyl groups is 1. The SMILES string of the molecule is CC(O)C(NC(=O)C(N)CCC(=O)O)C(=O)NC(CC(=O)O)C(=O)NC(CCCCN)C(=O)O. The Morgan fingerprint density at radius 3 is 1.85 bits per heavy atom. The number of amides is 3. The van der Waals surface area contributed by atoms with Crippen LogP contribution in [0.5, 0.6) is 0 Å². The molecule has 194 valence electrons. The number of carboxylic acids is 3. The Kier molecular flexibility index (Phi) is 14.0. The molecule has 0 radical (unpaired) electrons. The van der Waals surface area contributed by atoms with Crippen molar-refractivity contribution >= 4 is 35.6 Å². The molecule has 0 saturated carbocycles. The van der Waals surface area contributed by atoms with E-state index in [4.69, 9.17) is 21.7 Å². The molecular formula is C19H33N5O10. The molecule has 0 saturated heterocycles. The van der Waals surface area contributed by atoms with Crippen LogP contribution in [0.3, 0.4) is 0 Å². The number of carboxylic acid groups (broad SMARTS) is 3. The lowest BCUT2D eigenvalue weighted by Gasteiger charge is -2.26. The summed E-state index contributed by atoms with van der Waals surface area (Å²) in [4.78, 5) is 70.5. The fourth-order valence-corrected chi connectivity index (χ4v) is 2.74. The largest absolute Gasteiger partial charge is 0.481 e. The summed E-state index contributed by atoms with van der Waals surface area (Å²) in [5.74, 6) is -7.22. The van der Waals surface area contributed by atoms with Gasteiger partial charge in [0.15, 0.2) is 0 Å². The van der Waals surface area contributed by atoms with Crippen molar-refractivity contribution in [2.45, 2.75) is 75.7 Å². The molecule has 0 aliphatic rings. The van der Waals surface area contributed by atoms with Gasteiger partial charge in [-0.2, -0.15) is 0 Å². The van der Waals surface area contributed by atoms with Crippen LogP contribution in [0, 0.1) is 0 Å². The van der Waals surface area contributed by atoms with Gasteiger partial charge in [-0.25, -0.2) is 4.79 Å². The van der Waals surface area contributed by atoms with Crippen molar-refractivity contribution in [2.24, 2.45) is 11.5 Å². The van der Waals surface area contributed by atoms with Gasteiger partial charge < -0.3 is 47.8 Å². The molecule has 0 rings (SSSR count). The number of unbranched alkanes of at least 4 members (excludes halogenated alkanes) is 1. The third-order valence-corrected chi connectivity index (χ3v) is 4.64. The molecule has 3 amide bonds. The summed E-state index contributed by atoms with van der Waals surface area (Å²) in [6, 6.07) is -6.05. The summed E-state index contributed by atoms with van der Waals surface area (Å²) >= 11 is 0. The lowest BCUT2D eigenvalue weighted by atomic mass is 10.1. The molecule has 0 bridgehead atoms. The van der Waals surface area contributed by atoms with Gasteiger partial charge in [-0.15, -0.1) is 0 Å². The Hall–Kier alpha value is -3.30.